The van der Waals surface area contributed by atoms with Crippen molar-refractivity contribution in [2.75, 3.05) is 6.54 Å². The van der Waals surface area contributed by atoms with Gasteiger partial charge in [-0.3, -0.25) is 0 Å². The van der Waals surface area contributed by atoms with Crippen molar-refractivity contribution in [3.63, 3.8) is 0 Å². The summed E-state index contributed by atoms with van der Waals surface area (Å²) in [5.41, 5.74) is 1.71. The van der Waals surface area contributed by atoms with Crippen LogP contribution in [0.5, 0.6) is 0 Å². The molecule has 1 atom stereocenters. The molecule has 0 aliphatic rings. The van der Waals surface area contributed by atoms with Crippen LogP contribution in [0.1, 0.15) is 23.7 Å². The van der Waals surface area contributed by atoms with Crippen LogP contribution in [-0.2, 0) is 0 Å². The van der Waals surface area contributed by atoms with Gasteiger partial charge < -0.3 is 20.1 Å². The predicted molar refractivity (Wildman–Crippen MR) is 79.5 cm³/mol. The third-order valence-corrected chi connectivity index (χ3v) is 2.95. The molecule has 6 nitrogen and oxygen atoms in total. The van der Waals surface area contributed by atoms with Gasteiger partial charge in [-0.15, -0.1) is 0 Å². The Morgan fingerprint density at radius 1 is 1.48 bits per heavy atom. The Hall–Kier alpha value is -2.60. The van der Waals surface area contributed by atoms with Gasteiger partial charge in [0, 0.05) is 25.1 Å². The largest absolute Gasteiger partial charge is 0.465 e. The van der Waals surface area contributed by atoms with E-state index in [1.165, 1.54) is 0 Å². The zero-order valence-corrected chi connectivity index (χ0v) is 11.4. The normalized spacial score (nSPS) is 12.4. The first-order valence-electron chi connectivity index (χ1n) is 6.55. The molecule has 21 heavy (non-hydrogen) atoms. The second kappa shape index (κ2) is 7.25. The molecule has 0 spiro atoms. The SMILES string of the molecule is O=C(O)NCCC(O)c1cccc(/C=C/n2ccnc2)c1. The number of aliphatic hydroxyl groups excluding tert-OH is 1. The molecule has 2 aromatic rings. The van der Waals surface area contributed by atoms with E-state index in [-0.39, 0.29) is 6.54 Å². The number of imidazole rings is 1. The van der Waals surface area contributed by atoms with Gasteiger partial charge in [0.1, 0.15) is 0 Å². The lowest BCUT2D eigenvalue weighted by Crippen LogP contribution is -2.23. The van der Waals surface area contributed by atoms with E-state index in [2.05, 4.69) is 10.3 Å². The maximum atomic E-state index is 10.4. The van der Waals surface area contributed by atoms with Gasteiger partial charge in [0.05, 0.1) is 12.4 Å². The molecule has 0 aliphatic carbocycles. The van der Waals surface area contributed by atoms with Crippen molar-refractivity contribution in [3.8, 4) is 0 Å². The number of hydrogen-bond acceptors (Lipinski definition) is 3. The predicted octanol–water partition coefficient (Wildman–Crippen LogP) is 2.20. The van der Waals surface area contributed by atoms with Crippen LogP contribution in [0.25, 0.3) is 12.3 Å². The minimum absolute atomic E-state index is 0.214. The van der Waals surface area contributed by atoms with Crippen LogP contribution in [0.15, 0.2) is 43.0 Å². The number of rotatable bonds is 6. The fourth-order valence-electron chi connectivity index (χ4n) is 1.88. The number of carboxylic acid groups (broad SMARTS) is 1. The molecule has 3 N–H and O–H groups in total. The van der Waals surface area contributed by atoms with Crippen LogP contribution in [0, 0.1) is 0 Å². The second-order valence-corrected chi connectivity index (χ2v) is 4.53. The summed E-state index contributed by atoms with van der Waals surface area (Å²) >= 11 is 0. The Kier molecular flexibility index (Phi) is 5.11. The first kappa shape index (κ1) is 14.8. The Morgan fingerprint density at radius 3 is 3.05 bits per heavy atom. The van der Waals surface area contributed by atoms with Gasteiger partial charge in [0.15, 0.2) is 0 Å². The fraction of sp³-hybridized carbons (Fsp3) is 0.200. The number of benzene rings is 1. The lowest BCUT2D eigenvalue weighted by Gasteiger charge is -2.11. The van der Waals surface area contributed by atoms with E-state index in [0.29, 0.717) is 6.42 Å². The molecule has 2 rings (SSSR count). The summed E-state index contributed by atoms with van der Waals surface area (Å²) in [5.74, 6) is 0. The Morgan fingerprint density at radius 2 is 2.33 bits per heavy atom. The standard InChI is InChI=1S/C15H17N3O3/c19-14(4-6-17-15(20)21)13-3-1-2-12(10-13)5-8-18-9-7-16-11-18/h1-3,5,7-11,14,17,19H,4,6H2,(H,20,21)/b8-5+. The number of nitrogens with zero attached hydrogens (tertiary/aromatic N) is 2. The lowest BCUT2D eigenvalue weighted by molar-refractivity contribution is 0.162. The number of aromatic nitrogens is 2. The molecular formula is C15H17N3O3. The van der Waals surface area contributed by atoms with E-state index in [0.717, 1.165) is 11.1 Å². The summed E-state index contributed by atoms with van der Waals surface area (Å²) in [7, 11) is 0. The highest BCUT2D eigenvalue weighted by Crippen LogP contribution is 2.18. The highest BCUT2D eigenvalue weighted by Gasteiger charge is 2.08. The van der Waals surface area contributed by atoms with Crippen molar-refractivity contribution < 1.29 is 15.0 Å². The minimum atomic E-state index is -1.08. The molecule has 1 amide bonds. The first-order chi connectivity index (χ1) is 10.1. The lowest BCUT2D eigenvalue weighted by atomic mass is 10.0. The second-order valence-electron chi connectivity index (χ2n) is 4.53. The van der Waals surface area contributed by atoms with Crippen LogP contribution >= 0.6 is 0 Å². The number of aliphatic hydroxyl groups is 1. The van der Waals surface area contributed by atoms with Gasteiger partial charge in [0.2, 0.25) is 0 Å². The molecule has 0 aliphatic heterocycles. The van der Waals surface area contributed by atoms with Crippen LogP contribution < -0.4 is 5.32 Å². The molecule has 110 valence electrons. The number of hydrogen-bond donors (Lipinski definition) is 3. The molecule has 0 fully saturated rings. The molecule has 0 bridgehead atoms. The first-order valence-corrected chi connectivity index (χ1v) is 6.55. The molecule has 1 unspecified atom stereocenters. The Labute approximate surface area is 122 Å². The van der Waals surface area contributed by atoms with E-state index in [4.69, 9.17) is 5.11 Å². The Bertz CT molecular complexity index is 608. The summed E-state index contributed by atoms with van der Waals surface area (Å²) in [6.07, 6.45) is 7.54. The van der Waals surface area contributed by atoms with Gasteiger partial charge >= 0.3 is 6.09 Å². The third kappa shape index (κ3) is 4.77. The molecule has 1 aromatic carbocycles. The highest BCUT2D eigenvalue weighted by molar-refractivity contribution is 5.64. The molecule has 6 heteroatoms. The number of amides is 1. The topological polar surface area (TPSA) is 87.4 Å². The average Bonchev–Trinajstić information content (AvgIpc) is 2.98. The van der Waals surface area contributed by atoms with Gasteiger partial charge in [-0.25, -0.2) is 9.78 Å². The van der Waals surface area contributed by atoms with E-state index in [9.17, 15) is 9.90 Å². The summed E-state index contributed by atoms with van der Waals surface area (Å²) < 4.78 is 1.82. The molecule has 0 radical (unpaired) electrons. The quantitative estimate of drug-likeness (QED) is 0.760. The summed E-state index contributed by atoms with van der Waals surface area (Å²) in [6.45, 7) is 0.214. The van der Waals surface area contributed by atoms with Crippen LogP contribution in [0.3, 0.4) is 0 Å². The molecule has 1 heterocycles. The molecule has 0 saturated heterocycles. The van der Waals surface area contributed by atoms with Gasteiger partial charge in [-0.05, 0) is 29.7 Å². The van der Waals surface area contributed by atoms with Crippen molar-refractivity contribution >= 4 is 18.4 Å². The highest BCUT2D eigenvalue weighted by atomic mass is 16.4. The van der Waals surface area contributed by atoms with Crippen LogP contribution in [-0.4, -0.2) is 32.4 Å². The maximum absolute atomic E-state index is 10.4. The zero-order valence-electron chi connectivity index (χ0n) is 11.4. The van der Waals surface area contributed by atoms with Crippen LogP contribution in [0.2, 0.25) is 0 Å². The van der Waals surface area contributed by atoms with Gasteiger partial charge in [-0.2, -0.15) is 0 Å². The zero-order chi connectivity index (χ0) is 15.1. The van der Waals surface area contributed by atoms with Gasteiger partial charge in [-0.1, -0.05) is 18.2 Å². The summed E-state index contributed by atoms with van der Waals surface area (Å²) in [6, 6.07) is 7.48. The van der Waals surface area contributed by atoms with Gasteiger partial charge in [0.25, 0.3) is 0 Å². The fourth-order valence-corrected chi connectivity index (χ4v) is 1.88. The average molecular weight is 287 g/mol. The third-order valence-electron chi connectivity index (χ3n) is 2.95. The maximum Gasteiger partial charge on any atom is 0.404 e. The molecule has 0 saturated carbocycles. The molecular weight excluding hydrogens is 270 g/mol. The minimum Gasteiger partial charge on any atom is -0.465 e. The van der Waals surface area contributed by atoms with Crippen molar-refractivity contribution in [1.82, 2.24) is 14.9 Å². The summed E-state index contributed by atoms with van der Waals surface area (Å²) in [4.78, 5) is 14.3. The van der Waals surface area contributed by atoms with Crippen molar-refractivity contribution in [1.29, 1.82) is 0 Å². The smallest absolute Gasteiger partial charge is 0.404 e. The summed E-state index contributed by atoms with van der Waals surface area (Å²) in [5, 5.41) is 20.8. The van der Waals surface area contributed by atoms with E-state index >= 15 is 0 Å². The van der Waals surface area contributed by atoms with Crippen LogP contribution in [0.4, 0.5) is 4.79 Å². The van der Waals surface area contributed by atoms with E-state index < -0.39 is 12.2 Å². The van der Waals surface area contributed by atoms with E-state index in [1.54, 1.807) is 12.5 Å². The number of carbonyl (C=O) groups is 1. The van der Waals surface area contributed by atoms with Crippen molar-refractivity contribution in [2.45, 2.75) is 12.5 Å². The molecule has 1 aromatic heterocycles. The number of nitrogens with one attached hydrogen (secondary N) is 1. The monoisotopic (exact) mass is 287 g/mol. The van der Waals surface area contributed by atoms with Crippen molar-refractivity contribution in [3.05, 3.63) is 54.1 Å². The van der Waals surface area contributed by atoms with Crippen molar-refractivity contribution in [2.24, 2.45) is 0 Å². The Balaban J connectivity index is 1.98. The van der Waals surface area contributed by atoms with E-state index in [1.807, 2.05) is 47.3 Å².